The van der Waals surface area contributed by atoms with Crippen LogP contribution in [0.15, 0.2) is 22.6 Å². The van der Waals surface area contributed by atoms with Crippen LogP contribution in [0.4, 0.5) is 6.01 Å². The van der Waals surface area contributed by atoms with E-state index in [0.29, 0.717) is 23.2 Å². The minimum Gasteiger partial charge on any atom is -0.478 e. The fourth-order valence-electron chi connectivity index (χ4n) is 2.59. The van der Waals surface area contributed by atoms with E-state index in [1.165, 1.54) is 6.07 Å². The number of nitrogens with zero attached hydrogens (tertiary/aromatic N) is 3. The quantitative estimate of drug-likeness (QED) is 0.899. The van der Waals surface area contributed by atoms with Gasteiger partial charge in [-0.15, -0.1) is 0 Å². The number of rotatable bonds is 2. The molecular formula is C14H17N3O3. The first-order chi connectivity index (χ1) is 9.54. The standard InChI is InChI=1S/C14H17N3O3/c1-9-8-16(2)5-6-17(9)14-15-11-4-3-10(13(18)19)7-12(11)20-14/h3-4,7,9H,5-6,8H2,1-2H3,(H,18,19). The maximum atomic E-state index is 11.0. The normalized spacial score (nSPS) is 20.5. The lowest BCUT2D eigenvalue weighted by molar-refractivity contribution is 0.0697. The van der Waals surface area contributed by atoms with Gasteiger partial charge in [-0.25, -0.2) is 4.79 Å². The second-order valence-electron chi connectivity index (χ2n) is 5.29. The number of carboxylic acid groups (broad SMARTS) is 1. The number of piperazine rings is 1. The summed E-state index contributed by atoms with van der Waals surface area (Å²) in [5.41, 5.74) is 1.42. The molecule has 2 heterocycles. The Balaban J connectivity index is 1.94. The molecule has 20 heavy (non-hydrogen) atoms. The van der Waals surface area contributed by atoms with E-state index in [9.17, 15) is 4.79 Å². The molecule has 0 amide bonds. The molecule has 6 nitrogen and oxygen atoms in total. The summed E-state index contributed by atoms with van der Waals surface area (Å²) in [6.45, 7) is 4.91. The Bertz CT molecular complexity index is 652. The number of hydrogen-bond donors (Lipinski definition) is 1. The van der Waals surface area contributed by atoms with Crippen LogP contribution in [0.2, 0.25) is 0 Å². The van der Waals surface area contributed by atoms with Crippen molar-refractivity contribution in [2.45, 2.75) is 13.0 Å². The topological polar surface area (TPSA) is 69.8 Å². The number of carboxylic acids is 1. The molecule has 106 valence electrons. The number of aromatic nitrogens is 1. The number of fused-ring (bicyclic) bond motifs is 1. The Morgan fingerprint density at radius 2 is 2.25 bits per heavy atom. The van der Waals surface area contributed by atoms with Gasteiger partial charge in [0.25, 0.3) is 6.01 Å². The molecule has 0 spiro atoms. The van der Waals surface area contributed by atoms with E-state index >= 15 is 0 Å². The average Bonchev–Trinajstić information content (AvgIpc) is 2.80. The highest BCUT2D eigenvalue weighted by Gasteiger charge is 2.25. The maximum Gasteiger partial charge on any atom is 0.335 e. The van der Waals surface area contributed by atoms with Gasteiger partial charge in [-0.05, 0) is 32.2 Å². The Kier molecular flexibility index (Phi) is 3.10. The van der Waals surface area contributed by atoms with E-state index < -0.39 is 5.97 Å². The molecule has 0 saturated carbocycles. The largest absolute Gasteiger partial charge is 0.478 e. The highest BCUT2D eigenvalue weighted by atomic mass is 16.4. The fourth-order valence-corrected chi connectivity index (χ4v) is 2.59. The highest BCUT2D eigenvalue weighted by molar-refractivity contribution is 5.92. The van der Waals surface area contributed by atoms with Crippen LogP contribution in [0.5, 0.6) is 0 Å². The molecule has 6 heteroatoms. The summed E-state index contributed by atoms with van der Waals surface area (Å²) < 4.78 is 5.74. The predicted molar refractivity (Wildman–Crippen MR) is 75.3 cm³/mol. The zero-order chi connectivity index (χ0) is 14.3. The van der Waals surface area contributed by atoms with Crippen molar-refractivity contribution in [3.63, 3.8) is 0 Å². The predicted octanol–water partition coefficient (Wildman–Crippen LogP) is 1.67. The molecule has 1 N–H and O–H groups in total. The zero-order valence-corrected chi connectivity index (χ0v) is 11.5. The number of carbonyl (C=O) groups is 1. The third kappa shape index (κ3) is 2.22. The third-order valence-corrected chi connectivity index (χ3v) is 3.70. The van der Waals surface area contributed by atoms with Gasteiger partial charge in [0.05, 0.1) is 5.56 Å². The van der Waals surface area contributed by atoms with Crippen LogP contribution in [0.3, 0.4) is 0 Å². The van der Waals surface area contributed by atoms with Crippen LogP contribution in [0.1, 0.15) is 17.3 Å². The molecule has 1 aliphatic heterocycles. The Hall–Kier alpha value is -2.08. The first kappa shape index (κ1) is 12.9. The summed E-state index contributed by atoms with van der Waals surface area (Å²) in [6.07, 6.45) is 0. The second kappa shape index (κ2) is 4.79. The van der Waals surface area contributed by atoms with Crippen LogP contribution in [-0.2, 0) is 0 Å². The van der Waals surface area contributed by atoms with Gasteiger partial charge in [-0.1, -0.05) is 0 Å². The number of hydrogen-bond acceptors (Lipinski definition) is 5. The molecule has 1 fully saturated rings. The number of anilines is 1. The summed E-state index contributed by atoms with van der Waals surface area (Å²) >= 11 is 0. The minimum absolute atomic E-state index is 0.214. The first-order valence-electron chi connectivity index (χ1n) is 6.63. The van der Waals surface area contributed by atoms with Crippen molar-refractivity contribution < 1.29 is 14.3 Å². The SMILES string of the molecule is CC1CN(C)CCN1c1nc2ccc(C(=O)O)cc2o1. The summed E-state index contributed by atoms with van der Waals surface area (Å²) in [5.74, 6) is -0.960. The van der Waals surface area contributed by atoms with Crippen molar-refractivity contribution in [3.8, 4) is 0 Å². The Labute approximate surface area is 116 Å². The Morgan fingerprint density at radius 3 is 2.95 bits per heavy atom. The van der Waals surface area contributed by atoms with Gasteiger partial charge in [0.15, 0.2) is 5.58 Å². The monoisotopic (exact) mass is 275 g/mol. The van der Waals surface area contributed by atoms with E-state index in [1.54, 1.807) is 12.1 Å². The molecule has 2 aromatic rings. The van der Waals surface area contributed by atoms with Crippen LogP contribution in [0, 0.1) is 0 Å². The molecule has 1 atom stereocenters. The molecule has 1 aromatic carbocycles. The van der Waals surface area contributed by atoms with Crippen molar-refractivity contribution in [3.05, 3.63) is 23.8 Å². The number of aromatic carboxylic acids is 1. The van der Waals surface area contributed by atoms with E-state index in [4.69, 9.17) is 9.52 Å². The molecular weight excluding hydrogens is 258 g/mol. The van der Waals surface area contributed by atoms with Gasteiger partial charge in [-0.3, -0.25) is 0 Å². The minimum atomic E-state index is -0.960. The van der Waals surface area contributed by atoms with Crippen molar-refractivity contribution in [2.24, 2.45) is 0 Å². The molecule has 1 aromatic heterocycles. The van der Waals surface area contributed by atoms with Crippen molar-refractivity contribution in [2.75, 3.05) is 31.6 Å². The van der Waals surface area contributed by atoms with Gasteiger partial charge in [0.1, 0.15) is 5.52 Å². The highest BCUT2D eigenvalue weighted by Crippen LogP contribution is 2.25. The Morgan fingerprint density at radius 1 is 1.45 bits per heavy atom. The van der Waals surface area contributed by atoms with Gasteiger partial charge in [-0.2, -0.15) is 4.98 Å². The van der Waals surface area contributed by atoms with Gasteiger partial charge >= 0.3 is 5.97 Å². The summed E-state index contributed by atoms with van der Waals surface area (Å²) in [4.78, 5) is 19.8. The molecule has 1 aliphatic rings. The zero-order valence-electron chi connectivity index (χ0n) is 11.5. The van der Waals surface area contributed by atoms with E-state index in [-0.39, 0.29) is 5.56 Å². The maximum absolute atomic E-state index is 11.0. The van der Waals surface area contributed by atoms with E-state index in [0.717, 1.165) is 19.6 Å². The van der Waals surface area contributed by atoms with Crippen LogP contribution in [-0.4, -0.2) is 53.7 Å². The lowest BCUT2D eigenvalue weighted by Crippen LogP contribution is -2.50. The summed E-state index contributed by atoms with van der Waals surface area (Å²) in [6, 6.07) is 5.65. The molecule has 0 bridgehead atoms. The van der Waals surface area contributed by atoms with Crippen LogP contribution in [0.25, 0.3) is 11.1 Å². The summed E-state index contributed by atoms with van der Waals surface area (Å²) in [7, 11) is 2.10. The lowest BCUT2D eigenvalue weighted by atomic mass is 10.2. The number of oxazole rings is 1. The molecule has 1 unspecified atom stereocenters. The van der Waals surface area contributed by atoms with Crippen molar-refractivity contribution in [1.29, 1.82) is 0 Å². The lowest BCUT2D eigenvalue weighted by Gasteiger charge is -2.37. The van der Waals surface area contributed by atoms with E-state index in [1.807, 2.05) is 0 Å². The smallest absolute Gasteiger partial charge is 0.335 e. The van der Waals surface area contributed by atoms with Gasteiger partial charge in [0, 0.05) is 25.7 Å². The summed E-state index contributed by atoms with van der Waals surface area (Å²) in [5, 5.41) is 8.99. The average molecular weight is 275 g/mol. The number of likely N-dealkylation sites (N-methyl/N-ethyl adjacent to an activating group) is 1. The van der Waals surface area contributed by atoms with E-state index in [2.05, 4.69) is 28.8 Å². The molecule has 1 saturated heterocycles. The van der Waals surface area contributed by atoms with Crippen molar-refractivity contribution in [1.82, 2.24) is 9.88 Å². The van der Waals surface area contributed by atoms with Gasteiger partial charge in [0.2, 0.25) is 0 Å². The van der Waals surface area contributed by atoms with Crippen molar-refractivity contribution >= 4 is 23.1 Å². The first-order valence-corrected chi connectivity index (χ1v) is 6.63. The van der Waals surface area contributed by atoms with Gasteiger partial charge < -0.3 is 19.3 Å². The number of benzene rings is 1. The third-order valence-electron chi connectivity index (χ3n) is 3.70. The second-order valence-corrected chi connectivity index (χ2v) is 5.29. The fraction of sp³-hybridized carbons (Fsp3) is 0.429. The molecule has 0 aliphatic carbocycles. The molecule has 0 radical (unpaired) electrons. The van der Waals surface area contributed by atoms with Crippen LogP contribution >= 0.6 is 0 Å². The molecule has 3 rings (SSSR count). The van der Waals surface area contributed by atoms with Crippen LogP contribution < -0.4 is 4.90 Å².